The minimum absolute atomic E-state index is 0.0152. The molecule has 0 saturated heterocycles. The van der Waals surface area contributed by atoms with Gasteiger partial charge in [0.15, 0.2) is 0 Å². The number of alkyl halides is 3. The Balaban J connectivity index is 1.81. The van der Waals surface area contributed by atoms with Crippen LogP contribution in [0.25, 0.3) is 0 Å². The standard InChI is InChI=1S/C20H15F5N4O/c21-13-5-11(6-14(22)7-13)9-27-17-8-18(28-10-16(17)19(26)30)29-15-3-1-12(2-4-15)20(23,24)25/h1-8,10H,9H2,(H2,26,30)(H2,27,28,29). The number of carbonyl (C=O) groups is 1. The van der Waals surface area contributed by atoms with E-state index < -0.39 is 29.3 Å². The van der Waals surface area contributed by atoms with E-state index in [4.69, 9.17) is 5.73 Å². The van der Waals surface area contributed by atoms with Crippen molar-refractivity contribution in [2.45, 2.75) is 12.7 Å². The molecule has 3 aromatic rings. The molecule has 1 aromatic heterocycles. The number of primary amides is 1. The molecule has 0 radical (unpaired) electrons. The average Bonchev–Trinajstić information content (AvgIpc) is 2.65. The SMILES string of the molecule is NC(=O)c1cnc(Nc2ccc(C(F)(F)F)cc2)cc1NCc1cc(F)cc(F)c1. The second kappa shape index (κ2) is 8.36. The van der Waals surface area contributed by atoms with Crippen molar-refractivity contribution < 1.29 is 26.7 Å². The Bertz CT molecular complexity index is 1050. The van der Waals surface area contributed by atoms with Crippen molar-refractivity contribution in [2.75, 3.05) is 10.6 Å². The lowest BCUT2D eigenvalue weighted by atomic mass is 10.1. The first-order valence-corrected chi connectivity index (χ1v) is 8.55. The first-order valence-electron chi connectivity index (χ1n) is 8.55. The molecule has 3 rings (SSSR count). The zero-order valence-electron chi connectivity index (χ0n) is 15.2. The summed E-state index contributed by atoms with van der Waals surface area (Å²) in [7, 11) is 0. The summed E-state index contributed by atoms with van der Waals surface area (Å²) in [6.07, 6.45) is -3.27. The lowest BCUT2D eigenvalue weighted by molar-refractivity contribution is -0.137. The van der Waals surface area contributed by atoms with Gasteiger partial charge < -0.3 is 16.4 Å². The number of nitrogens with two attached hydrogens (primary N) is 1. The molecule has 0 atom stereocenters. The van der Waals surface area contributed by atoms with Crippen LogP contribution >= 0.6 is 0 Å². The number of anilines is 3. The lowest BCUT2D eigenvalue weighted by Crippen LogP contribution is -2.15. The topological polar surface area (TPSA) is 80.0 Å². The van der Waals surface area contributed by atoms with Crippen LogP contribution < -0.4 is 16.4 Å². The predicted molar refractivity (Wildman–Crippen MR) is 101 cm³/mol. The number of halogens is 5. The minimum Gasteiger partial charge on any atom is -0.380 e. The second-order valence-corrected chi connectivity index (χ2v) is 6.31. The van der Waals surface area contributed by atoms with Crippen LogP contribution in [-0.2, 0) is 12.7 Å². The third-order valence-corrected chi connectivity index (χ3v) is 4.06. The number of nitrogens with zero attached hydrogens (tertiary/aromatic N) is 1. The third-order valence-electron chi connectivity index (χ3n) is 4.06. The van der Waals surface area contributed by atoms with E-state index in [1.54, 1.807) is 0 Å². The van der Waals surface area contributed by atoms with Gasteiger partial charge >= 0.3 is 6.18 Å². The number of rotatable bonds is 6. The molecule has 0 bridgehead atoms. The Morgan fingerprint density at radius 1 is 1.00 bits per heavy atom. The molecule has 0 aliphatic rings. The van der Waals surface area contributed by atoms with E-state index in [0.717, 1.165) is 30.3 Å². The summed E-state index contributed by atoms with van der Waals surface area (Å²) in [5.74, 6) is -2.06. The van der Waals surface area contributed by atoms with Gasteiger partial charge in [-0.15, -0.1) is 0 Å². The highest BCUT2D eigenvalue weighted by Crippen LogP contribution is 2.30. The van der Waals surface area contributed by atoms with Gasteiger partial charge in [0.25, 0.3) is 5.91 Å². The van der Waals surface area contributed by atoms with Crippen molar-refractivity contribution in [2.24, 2.45) is 5.73 Å². The van der Waals surface area contributed by atoms with Gasteiger partial charge in [-0.1, -0.05) is 0 Å². The van der Waals surface area contributed by atoms with Crippen molar-refractivity contribution in [1.82, 2.24) is 4.98 Å². The fourth-order valence-corrected chi connectivity index (χ4v) is 2.67. The number of aromatic nitrogens is 1. The van der Waals surface area contributed by atoms with Crippen LogP contribution in [0.5, 0.6) is 0 Å². The van der Waals surface area contributed by atoms with Gasteiger partial charge in [0, 0.05) is 30.6 Å². The summed E-state index contributed by atoms with van der Waals surface area (Å²) in [4.78, 5) is 15.7. The maximum absolute atomic E-state index is 13.3. The molecule has 10 heteroatoms. The molecule has 0 aliphatic heterocycles. The molecule has 0 spiro atoms. The summed E-state index contributed by atoms with van der Waals surface area (Å²) < 4.78 is 64.7. The van der Waals surface area contributed by atoms with Gasteiger partial charge in [0.2, 0.25) is 0 Å². The van der Waals surface area contributed by atoms with Crippen molar-refractivity contribution in [3.05, 3.63) is 83.1 Å². The number of hydrogen-bond donors (Lipinski definition) is 3. The van der Waals surface area contributed by atoms with Crippen molar-refractivity contribution in [3.8, 4) is 0 Å². The Hall–Kier alpha value is -3.69. The minimum atomic E-state index is -4.45. The van der Waals surface area contributed by atoms with Gasteiger partial charge in [-0.25, -0.2) is 13.8 Å². The first kappa shape index (κ1) is 21.0. The third kappa shape index (κ3) is 5.22. The molecular weight excluding hydrogens is 407 g/mol. The largest absolute Gasteiger partial charge is 0.416 e. The van der Waals surface area contributed by atoms with Crippen LogP contribution in [0.1, 0.15) is 21.5 Å². The zero-order chi connectivity index (χ0) is 21.9. The van der Waals surface area contributed by atoms with Crippen molar-refractivity contribution >= 4 is 23.1 Å². The quantitative estimate of drug-likeness (QED) is 0.497. The highest BCUT2D eigenvalue weighted by molar-refractivity contribution is 5.98. The summed E-state index contributed by atoms with van der Waals surface area (Å²) in [6, 6.07) is 8.69. The second-order valence-electron chi connectivity index (χ2n) is 6.31. The molecule has 5 nitrogen and oxygen atoms in total. The zero-order valence-corrected chi connectivity index (χ0v) is 15.2. The number of benzene rings is 2. The molecule has 156 valence electrons. The molecule has 0 fully saturated rings. The lowest BCUT2D eigenvalue weighted by Gasteiger charge is -2.13. The fraction of sp³-hybridized carbons (Fsp3) is 0.100. The van der Waals surface area contributed by atoms with E-state index in [9.17, 15) is 26.7 Å². The van der Waals surface area contributed by atoms with Crippen LogP contribution in [-0.4, -0.2) is 10.9 Å². The van der Waals surface area contributed by atoms with Gasteiger partial charge in [0.1, 0.15) is 17.5 Å². The molecule has 4 N–H and O–H groups in total. The Morgan fingerprint density at radius 3 is 2.20 bits per heavy atom. The van der Waals surface area contributed by atoms with E-state index in [1.165, 1.54) is 24.4 Å². The molecule has 0 aliphatic carbocycles. The molecule has 1 heterocycles. The highest BCUT2D eigenvalue weighted by atomic mass is 19.4. The predicted octanol–water partition coefficient (Wildman–Crippen LogP) is 4.83. The number of pyridine rings is 1. The van der Waals surface area contributed by atoms with Crippen LogP contribution in [0.2, 0.25) is 0 Å². The fourth-order valence-electron chi connectivity index (χ4n) is 2.67. The molecule has 1 amide bonds. The van der Waals surface area contributed by atoms with Crippen LogP contribution in [0.4, 0.5) is 39.1 Å². The molecular formula is C20H15F5N4O. The summed E-state index contributed by atoms with van der Waals surface area (Å²) in [5.41, 5.74) is 5.42. The van der Waals surface area contributed by atoms with E-state index in [-0.39, 0.29) is 29.2 Å². The van der Waals surface area contributed by atoms with E-state index in [0.29, 0.717) is 5.69 Å². The Morgan fingerprint density at radius 2 is 1.63 bits per heavy atom. The number of hydrogen-bond acceptors (Lipinski definition) is 4. The van der Waals surface area contributed by atoms with Gasteiger partial charge in [0.05, 0.1) is 16.8 Å². The van der Waals surface area contributed by atoms with Gasteiger partial charge in [-0.05, 0) is 42.0 Å². The maximum atomic E-state index is 13.3. The summed E-state index contributed by atoms with van der Waals surface area (Å²) >= 11 is 0. The summed E-state index contributed by atoms with van der Waals surface area (Å²) in [6.45, 7) is -0.0152. The van der Waals surface area contributed by atoms with Crippen molar-refractivity contribution in [3.63, 3.8) is 0 Å². The monoisotopic (exact) mass is 422 g/mol. The van der Waals surface area contributed by atoms with Crippen LogP contribution in [0, 0.1) is 11.6 Å². The molecule has 0 saturated carbocycles. The smallest absolute Gasteiger partial charge is 0.380 e. The first-order chi connectivity index (χ1) is 14.1. The van der Waals surface area contributed by atoms with E-state index in [1.807, 2.05) is 0 Å². The highest BCUT2D eigenvalue weighted by Gasteiger charge is 2.29. The molecule has 2 aromatic carbocycles. The number of nitrogens with one attached hydrogen (secondary N) is 2. The Kier molecular flexibility index (Phi) is 5.86. The maximum Gasteiger partial charge on any atom is 0.416 e. The average molecular weight is 422 g/mol. The normalized spacial score (nSPS) is 11.2. The molecule has 30 heavy (non-hydrogen) atoms. The Labute approximate surface area is 167 Å². The van der Waals surface area contributed by atoms with Gasteiger partial charge in [-0.2, -0.15) is 13.2 Å². The van der Waals surface area contributed by atoms with E-state index >= 15 is 0 Å². The van der Waals surface area contributed by atoms with Crippen LogP contribution in [0.3, 0.4) is 0 Å². The molecule has 0 unspecified atom stereocenters. The number of amides is 1. The number of carbonyl (C=O) groups excluding carboxylic acids is 1. The van der Waals surface area contributed by atoms with Crippen molar-refractivity contribution in [1.29, 1.82) is 0 Å². The van der Waals surface area contributed by atoms with Gasteiger partial charge in [-0.3, -0.25) is 4.79 Å². The summed E-state index contributed by atoms with van der Waals surface area (Å²) in [5, 5.41) is 5.67. The van der Waals surface area contributed by atoms with E-state index in [2.05, 4.69) is 15.6 Å². The van der Waals surface area contributed by atoms with Crippen LogP contribution in [0.15, 0.2) is 54.7 Å².